The number of ether oxygens (including phenoxy) is 2. The maximum atomic E-state index is 6.24. The highest BCUT2D eigenvalue weighted by atomic mass is 16.5. The minimum Gasteiger partial charge on any atom is -0.397 e. The van der Waals surface area contributed by atoms with Crippen molar-refractivity contribution < 1.29 is 9.47 Å². The normalized spacial score (nSPS) is 17.8. The molecule has 2 aliphatic heterocycles. The van der Waals surface area contributed by atoms with Crippen molar-refractivity contribution in [3.63, 3.8) is 0 Å². The van der Waals surface area contributed by atoms with Crippen molar-refractivity contribution in [3.05, 3.63) is 18.2 Å². The smallest absolute Gasteiger partial charge is 0.243 e. The van der Waals surface area contributed by atoms with E-state index < -0.39 is 0 Å². The fraction of sp³-hybridized carbons (Fsp3) is 0.444. The fourth-order valence-electron chi connectivity index (χ4n) is 3.60. The molecule has 1 aromatic carbocycles. The fourth-order valence-corrected chi connectivity index (χ4v) is 3.60. The minimum atomic E-state index is 0.282. The van der Waals surface area contributed by atoms with Crippen molar-refractivity contribution in [3.8, 4) is 5.95 Å². The summed E-state index contributed by atoms with van der Waals surface area (Å²) in [5.74, 6) is 1.91. The molecular formula is C18H23N9O2. The highest BCUT2D eigenvalue weighted by Gasteiger charge is 2.23. The third kappa shape index (κ3) is 3.28. The predicted octanol–water partition coefficient (Wildman–Crippen LogP) is 0.0481. The van der Waals surface area contributed by atoms with Gasteiger partial charge in [0.05, 0.1) is 37.6 Å². The van der Waals surface area contributed by atoms with Crippen molar-refractivity contribution in [2.45, 2.75) is 0 Å². The van der Waals surface area contributed by atoms with Crippen molar-refractivity contribution in [1.82, 2.24) is 24.5 Å². The van der Waals surface area contributed by atoms with E-state index in [-0.39, 0.29) is 5.95 Å². The molecule has 2 fully saturated rings. The summed E-state index contributed by atoms with van der Waals surface area (Å²) in [6.45, 7) is 5.44. The molecule has 5 rings (SSSR count). The number of morpholine rings is 2. The maximum Gasteiger partial charge on any atom is 0.243 e. The molecular weight excluding hydrogens is 374 g/mol. The van der Waals surface area contributed by atoms with Crippen LogP contribution in [0.15, 0.2) is 18.2 Å². The van der Waals surface area contributed by atoms with Crippen LogP contribution in [-0.2, 0) is 9.47 Å². The molecule has 152 valence electrons. The topological polar surface area (TPSA) is 133 Å². The Kier molecular flexibility index (Phi) is 4.52. The van der Waals surface area contributed by atoms with Crippen molar-refractivity contribution >= 4 is 34.6 Å². The van der Waals surface area contributed by atoms with Crippen LogP contribution >= 0.6 is 0 Å². The Morgan fingerprint density at radius 2 is 1.28 bits per heavy atom. The van der Waals surface area contributed by atoms with E-state index in [2.05, 4.69) is 14.8 Å². The van der Waals surface area contributed by atoms with Gasteiger partial charge >= 0.3 is 0 Å². The van der Waals surface area contributed by atoms with Crippen LogP contribution in [0.25, 0.3) is 17.0 Å². The van der Waals surface area contributed by atoms with Crippen LogP contribution in [0.5, 0.6) is 0 Å². The third-order valence-corrected chi connectivity index (χ3v) is 5.13. The number of nitrogens with zero attached hydrogens (tertiary/aromatic N) is 7. The van der Waals surface area contributed by atoms with Crippen LogP contribution < -0.4 is 21.3 Å². The molecule has 0 atom stereocenters. The molecule has 2 aromatic heterocycles. The second-order valence-electron chi connectivity index (χ2n) is 6.95. The van der Waals surface area contributed by atoms with Gasteiger partial charge in [-0.2, -0.15) is 15.0 Å². The van der Waals surface area contributed by atoms with Gasteiger partial charge in [-0.15, -0.1) is 0 Å². The van der Waals surface area contributed by atoms with Gasteiger partial charge in [0.2, 0.25) is 23.8 Å². The van der Waals surface area contributed by atoms with E-state index in [1.807, 2.05) is 12.1 Å². The first-order valence-electron chi connectivity index (χ1n) is 9.65. The van der Waals surface area contributed by atoms with Crippen LogP contribution in [0.2, 0.25) is 0 Å². The van der Waals surface area contributed by atoms with Crippen LogP contribution in [0.3, 0.4) is 0 Å². The van der Waals surface area contributed by atoms with Gasteiger partial charge in [-0.1, -0.05) is 6.07 Å². The predicted molar refractivity (Wildman–Crippen MR) is 109 cm³/mol. The Hall–Kier alpha value is -3.18. The molecule has 4 N–H and O–H groups in total. The summed E-state index contributed by atoms with van der Waals surface area (Å²) in [7, 11) is 0. The lowest BCUT2D eigenvalue weighted by atomic mass is 10.3. The summed E-state index contributed by atoms with van der Waals surface area (Å²) in [5, 5.41) is 0. The lowest BCUT2D eigenvalue weighted by molar-refractivity contribution is 0.121. The number of rotatable bonds is 3. The number of imidazole rings is 1. The first-order valence-corrected chi connectivity index (χ1v) is 9.65. The zero-order valence-corrected chi connectivity index (χ0v) is 16.0. The van der Waals surface area contributed by atoms with E-state index in [0.29, 0.717) is 55.5 Å². The molecule has 2 aliphatic rings. The molecule has 0 bridgehead atoms. The first kappa shape index (κ1) is 17.9. The van der Waals surface area contributed by atoms with E-state index in [0.717, 1.165) is 31.7 Å². The standard InChI is InChI=1S/C18H23N9O2/c19-12-2-1-3-13-14(12)21-15(20)27(13)18-23-16(25-4-8-28-9-5-25)22-17(24-18)26-6-10-29-11-7-26/h1-3H,4-11,19H2,(H2,20,21). The van der Waals surface area contributed by atoms with Gasteiger partial charge in [0.15, 0.2) is 0 Å². The summed E-state index contributed by atoms with van der Waals surface area (Å²) in [6, 6.07) is 5.56. The average Bonchev–Trinajstić information content (AvgIpc) is 3.12. The Bertz CT molecular complexity index is 989. The summed E-state index contributed by atoms with van der Waals surface area (Å²) in [4.78, 5) is 22.8. The molecule has 0 radical (unpaired) electrons. The van der Waals surface area contributed by atoms with Crippen molar-refractivity contribution in [1.29, 1.82) is 0 Å². The highest BCUT2D eigenvalue weighted by Crippen LogP contribution is 2.27. The second kappa shape index (κ2) is 7.33. The van der Waals surface area contributed by atoms with Gasteiger partial charge in [0, 0.05) is 26.2 Å². The molecule has 0 unspecified atom stereocenters. The van der Waals surface area contributed by atoms with E-state index in [1.165, 1.54) is 0 Å². The van der Waals surface area contributed by atoms with Crippen LogP contribution in [0, 0.1) is 0 Å². The summed E-state index contributed by atoms with van der Waals surface area (Å²) >= 11 is 0. The molecule has 11 nitrogen and oxygen atoms in total. The molecule has 0 aliphatic carbocycles. The lowest BCUT2D eigenvalue weighted by Gasteiger charge is -2.30. The molecule has 0 saturated carbocycles. The average molecular weight is 397 g/mol. The van der Waals surface area contributed by atoms with E-state index in [4.69, 9.17) is 35.9 Å². The Labute approximate surface area is 167 Å². The number of nitrogen functional groups attached to an aromatic ring is 2. The zero-order valence-electron chi connectivity index (χ0n) is 16.0. The number of fused-ring (bicyclic) bond motifs is 1. The van der Waals surface area contributed by atoms with E-state index in [9.17, 15) is 0 Å². The largest absolute Gasteiger partial charge is 0.397 e. The van der Waals surface area contributed by atoms with Gasteiger partial charge in [0.25, 0.3) is 0 Å². The van der Waals surface area contributed by atoms with Gasteiger partial charge in [0.1, 0.15) is 5.52 Å². The molecule has 0 amide bonds. The number of aromatic nitrogens is 5. The molecule has 0 spiro atoms. The number of hydrogen-bond donors (Lipinski definition) is 2. The van der Waals surface area contributed by atoms with Crippen LogP contribution in [-0.4, -0.2) is 77.1 Å². The van der Waals surface area contributed by atoms with E-state index >= 15 is 0 Å². The summed E-state index contributed by atoms with van der Waals surface area (Å²) in [6.07, 6.45) is 0. The Morgan fingerprint density at radius 1 is 0.724 bits per heavy atom. The Balaban J connectivity index is 1.65. The number of nitrogens with two attached hydrogens (primary N) is 2. The molecule has 11 heteroatoms. The lowest BCUT2D eigenvalue weighted by Crippen LogP contribution is -2.40. The Morgan fingerprint density at radius 3 is 1.86 bits per heavy atom. The first-order chi connectivity index (χ1) is 14.2. The van der Waals surface area contributed by atoms with Crippen LogP contribution in [0.4, 0.5) is 23.5 Å². The number of hydrogen-bond acceptors (Lipinski definition) is 10. The third-order valence-electron chi connectivity index (χ3n) is 5.13. The van der Waals surface area contributed by atoms with Crippen molar-refractivity contribution in [2.24, 2.45) is 0 Å². The quantitative estimate of drug-likeness (QED) is 0.584. The molecule has 4 heterocycles. The van der Waals surface area contributed by atoms with Crippen LogP contribution in [0.1, 0.15) is 0 Å². The van der Waals surface area contributed by atoms with Crippen molar-refractivity contribution in [2.75, 3.05) is 73.9 Å². The van der Waals surface area contributed by atoms with Gasteiger partial charge in [-0.25, -0.2) is 9.55 Å². The zero-order chi connectivity index (χ0) is 19.8. The summed E-state index contributed by atoms with van der Waals surface area (Å²) in [5.41, 5.74) is 14.3. The molecule has 3 aromatic rings. The molecule has 2 saturated heterocycles. The number of benzene rings is 1. The number of para-hydroxylation sites is 1. The van der Waals surface area contributed by atoms with E-state index in [1.54, 1.807) is 10.6 Å². The van der Waals surface area contributed by atoms with Gasteiger partial charge in [-0.3, -0.25) is 0 Å². The monoisotopic (exact) mass is 397 g/mol. The second-order valence-corrected chi connectivity index (χ2v) is 6.95. The molecule has 29 heavy (non-hydrogen) atoms. The SMILES string of the molecule is Nc1cccc2c1nc(N)n2-c1nc(N2CCOCC2)nc(N2CCOCC2)n1. The minimum absolute atomic E-state index is 0.282. The van der Waals surface area contributed by atoms with Gasteiger partial charge < -0.3 is 30.7 Å². The maximum absolute atomic E-state index is 6.24. The highest BCUT2D eigenvalue weighted by molar-refractivity contribution is 5.90. The van der Waals surface area contributed by atoms with Gasteiger partial charge in [-0.05, 0) is 12.1 Å². The summed E-state index contributed by atoms with van der Waals surface area (Å²) < 4.78 is 12.7. The number of anilines is 4.